The van der Waals surface area contributed by atoms with Crippen LogP contribution in [0.5, 0.6) is 11.5 Å². The van der Waals surface area contributed by atoms with Crippen molar-refractivity contribution >= 4 is 61.7 Å². The van der Waals surface area contributed by atoms with E-state index in [0.29, 0.717) is 152 Å². The zero-order valence-electron chi connectivity index (χ0n) is 84.0. The lowest BCUT2D eigenvalue weighted by atomic mass is 9.97. The summed E-state index contributed by atoms with van der Waals surface area (Å²) in [4.78, 5) is 29.3. The summed E-state index contributed by atoms with van der Waals surface area (Å²) in [7, 11) is -14.1. The molecule has 0 aliphatic heterocycles. The van der Waals surface area contributed by atoms with Gasteiger partial charge in [-0.1, -0.05) is 338 Å². The Morgan fingerprint density at radius 2 is 0.436 bits per heavy atom. The number of unbranched alkanes of at least 4 members (excludes halogenated alkanes) is 14. The number of hydrogen-bond donors (Lipinski definition) is 2. The van der Waals surface area contributed by atoms with Gasteiger partial charge in [-0.25, -0.2) is 0 Å². The van der Waals surface area contributed by atoms with E-state index < -0.39 is 61.0 Å². The predicted octanol–water partition coefficient (Wildman–Crippen LogP) is 30.5. The summed E-state index contributed by atoms with van der Waals surface area (Å²) >= 11 is 0. The lowest BCUT2D eigenvalue weighted by Crippen LogP contribution is -2.65. The van der Waals surface area contributed by atoms with Gasteiger partial charge in [0.1, 0.15) is 22.6 Å². The lowest BCUT2D eigenvalue weighted by Gasteiger charge is -2.50. The summed E-state index contributed by atoms with van der Waals surface area (Å²) in [6.07, 6.45) is 19.5. The van der Waals surface area contributed by atoms with Crippen LogP contribution in [0.3, 0.4) is 0 Å². The van der Waals surface area contributed by atoms with Gasteiger partial charge >= 0.3 is 0 Å². The minimum Gasteiger partial charge on any atom is -0.494 e. The predicted molar refractivity (Wildman–Crippen MR) is 523 cm³/mol. The smallest absolute Gasteiger partial charge is 0.220 e. The van der Waals surface area contributed by atoms with Crippen LogP contribution in [-0.4, -0.2) is 126 Å². The highest BCUT2D eigenvalue weighted by molar-refractivity contribution is 6.80. The SMILES string of the molecule is Cc1cc(OCCCCCCCCCCC(=O)NC(CO[Si](C(C)C)(C(C)C)C(C)C)(CO[Si](C(C)C)(C(C)C)C(C)C)CO[Si](C(C)C)(C(C)C)C(C)C)ccc1Cc1ccc(OCCCCCCCCCCC(=O)NC(CO[Si](C(C)C)(C(C)C)C(C)C)(CO[Si](C(C)C)(C(C)C)C(C)C)CO[Si](C(C)C)(C(C)C)C(C)C)cc1C. The average Bonchev–Trinajstić information content (AvgIpc) is 0.770. The highest BCUT2D eigenvalue weighted by Gasteiger charge is 2.56. The van der Waals surface area contributed by atoms with E-state index in [9.17, 15) is 9.59 Å². The summed E-state index contributed by atoms with van der Waals surface area (Å²) < 4.78 is 58.1. The Morgan fingerprint density at radius 3 is 0.607 bits per heavy atom. The zero-order chi connectivity index (χ0) is 89.4. The zero-order valence-corrected chi connectivity index (χ0v) is 90.0. The van der Waals surface area contributed by atoms with Crippen LogP contribution in [0.1, 0.15) is 387 Å². The molecule has 18 heteroatoms. The fraction of sp³-hybridized carbons (Fsp3) is 0.859. The minimum absolute atomic E-state index is 0.0924. The molecule has 2 aromatic carbocycles. The maximum atomic E-state index is 14.6. The van der Waals surface area contributed by atoms with Crippen LogP contribution in [0, 0.1) is 13.8 Å². The van der Waals surface area contributed by atoms with Gasteiger partial charge in [-0.15, -0.1) is 0 Å². The van der Waals surface area contributed by atoms with Crippen molar-refractivity contribution in [3.8, 4) is 11.5 Å². The Bertz CT molecular complexity index is 2560. The Hall–Kier alpha value is -1.96. The molecule has 117 heavy (non-hydrogen) atoms. The quantitative estimate of drug-likeness (QED) is 0.0487. The molecule has 0 atom stereocenters. The maximum Gasteiger partial charge on any atom is 0.220 e. The van der Waals surface area contributed by atoms with Crippen LogP contribution < -0.4 is 20.1 Å². The van der Waals surface area contributed by atoms with Gasteiger partial charge in [0.25, 0.3) is 0 Å². The molecule has 2 amide bonds. The van der Waals surface area contributed by atoms with Gasteiger partial charge in [0.15, 0.2) is 49.9 Å². The van der Waals surface area contributed by atoms with Gasteiger partial charge in [-0.3, -0.25) is 9.59 Å². The molecule has 2 aromatic rings. The fourth-order valence-corrected chi connectivity index (χ4v) is 56.3. The highest BCUT2D eigenvalue weighted by Crippen LogP contribution is 2.50. The number of hydrogen-bond acceptors (Lipinski definition) is 10. The average molecular weight is 1740 g/mol. The number of carbonyl (C=O) groups is 2. The van der Waals surface area contributed by atoms with Crippen molar-refractivity contribution in [2.45, 2.75) is 496 Å². The summed E-state index contributed by atoms with van der Waals surface area (Å²) in [5.74, 6) is 2.08. The molecule has 684 valence electrons. The topological polar surface area (TPSA) is 132 Å². The molecule has 0 bridgehead atoms. The molecule has 2 rings (SSSR count). The first-order valence-electron chi connectivity index (χ1n) is 48.3. The molecular weight excluding hydrogens is 1550 g/mol. The molecule has 0 unspecified atom stereocenters. The summed E-state index contributed by atoms with van der Waals surface area (Å²) in [6, 6.07) is 13.2. The lowest BCUT2D eigenvalue weighted by molar-refractivity contribution is -0.125. The number of nitrogens with one attached hydrogen (secondary N) is 2. The number of rotatable bonds is 64. The largest absolute Gasteiger partial charge is 0.494 e. The second kappa shape index (κ2) is 52.2. The normalized spacial score (nSPS) is 13.7. The standard InChI is InChI=1S/C99H194N2O10Si6/c1-72(2)112(73(3)4,74(5)6)106-66-98(67-107-113(75(7)8,76(9)10)77(11)12,68-108-114(78(13)14,79(15)16)80(17)18)100-96(102)55-51-47-43-39-41-45-49-53-61-104-94-59-57-92(90(37)63-94)65-93-58-60-95(64-91(93)38)105-62-54-50-46-42-40-44-48-52-56-97(103)101-99(69-109-115(81(19)20,82(21)22)83(23)24,70-110-116(84(25)26,85(27)28)86(29)30)71-111-117(87(31)32,88(33)34)89(35)36/h57-60,63-64,72-89H,39-56,61-62,65-71H2,1-38H3,(H,100,102)(H,101,103). The van der Waals surface area contributed by atoms with Crippen LogP contribution in [0.4, 0.5) is 0 Å². The summed E-state index contributed by atoms with van der Waals surface area (Å²) in [6.45, 7) is 93.1. The van der Waals surface area contributed by atoms with Crippen LogP contribution in [0.15, 0.2) is 36.4 Å². The van der Waals surface area contributed by atoms with Gasteiger partial charge in [-0.2, -0.15) is 0 Å². The first kappa shape index (κ1) is 111. The van der Waals surface area contributed by atoms with Gasteiger partial charge in [0, 0.05) is 12.8 Å². The molecule has 0 fully saturated rings. The molecule has 2 N–H and O–H groups in total. The fourth-order valence-electron chi connectivity index (χ4n) is 23.2. The van der Waals surface area contributed by atoms with Crippen LogP contribution >= 0.6 is 0 Å². The second-order valence-corrected chi connectivity index (χ2v) is 75.3. The number of carbonyl (C=O) groups excluding carboxylic acids is 2. The van der Waals surface area contributed by atoms with Crippen molar-refractivity contribution in [3.05, 3.63) is 58.7 Å². The molecule has 12 nitrogen and oxygen atoms in total. The number of ether oxygens (including phenoxy) is 2. The summed E-state index contributed by atoms with van der Waals surface area (Å²) in [5, 5.41) is 7.45. The molecule has 0 saturated carbocycles. The molecule has 0 saturated heterocycles. The van der Waals surface area contributed by atoms with E-state index in [1.54, 1.807) is 0 Å². The maximum absolute atomic E-state index is 14.6. The Morgan fingerprint density at radius 1 is 0.265 bits per heavy atom. The van der Waals surface area contributed by atoms with Crippen LogP contribution in [0.2, 0.25) is 99.7 Å². The Balaban J connectivity index is 1.99. The monoisotopic (exact) mass is 1740 g/mol. The molecular formula is C99H194N2O10Si6. The van der Waals surface area contributed by atoms with Gasteiger partial charge in [0.05, 0.1) is 52.9 Å². The van der Waals surface area contributed by atoms with Gasteiger partial charge < -0.3 is 46.7 Å². The summed E-state index contributed by atoms with van der Waals surface area (Å²) in [5.41, 5.74) is 10.9. The highest BCUT2D eigenvalue weighted by atomic mass is 28.4. The third-order valence-corrected chi connectivity index (χ3v) is 65.1. The third-order valence-electron chi connectivity index (χ3n) is 28.8. The number of aryl methyl sites for hydroxylation is 2. The van der Waals surface area contributed by atoms with E-state index in [-0.39, 0.29) is 11.8 Å². The molecule has 0 aliphatic rings. The van der Waals surface area contributed by atoms with Crippen LogP contribution in [0.25, 0.3) is 0 Å². The molecule has 0 aromatic heterocycles. The first-order valence-corrected chi connectivity index (χ1v) is 61.2. The van der Waals surface area contributed by atoms with Gasteiger partial charge in [0.2, 0.25) is 11.8 Å². The van der Waals surface area contributed by atoms with Crippen molar-refractivity contribution in [3.63, 3.8) is 0 Å². The van der Waals surface area contributed by atoms with Crippen molar-refractivity contribution in [2.24, 2.45) is 0 Å². The molecule has 0 heterocycles. The number of amides is 2. The van der Waals surface area contributed by atoms with E-state index in [2.05, 4.69) is 310 Å². The minimum atomic E-state index is -2.34. The van der Waals surface area contributed by atoms with Gasteiger partial charge in [-0.05, 0) is 192 Å². The third kappa shape index (κ3) is 30.7. The second-order valence-electron chi connectivity index (χ2n) is 42.5. The van der Waals surface area contributed by atoms with E-state index in [1.165, 1.54) is 60.8 Å². The van der Waals surface area contributed by atoms with Crippen molar-refractivity contribution in [2.75, 3.05) is 52.9 Å². The van der Waals surface area contributed by atoms with Crippen molar-refractivity contribution < 1.29 is 45.6 Å². The Kier molecular flexibility index (Phi) is 49.6. The van der Waals surface area contributed by atoms with E-state index in [0.717, 1.165) is 95.3 Å². The van der Waals surface area contributed by atoms with Crippen LogP contribution in [-0.2, 0) is 42.6 Å². The van der Waals surface area contributed by atoms with Crippen molar-refractivity contribution in [1.29, 1.82) is 0 Å². The number of benzene rings is 2. The molecule has 0 aliphatic carbocycles. The van der Waals surface area contributed by atoms with Crippen molar-refractivity contribution in [1.82, 2.24) is 10.6 Å². The van der Waals surface area contributed by atoms with E-state index in [4.69, 9.17) is 36.0 Å². The Labute approximate surface area is 732 Å². The first-order chi connectivity index (χ1) is 54.4. The molecule has 0 radical (unpaired) electrons. The molecule has 0 spiro atoms. The van der Waals surface area contributed by atoms with E-state index >= 15 is 0 Å². The van der Waals surface area contributed by atoms with E-state index in [1.807, 2.05) is 0 Å².